The third-order valence-electron chi connectivity index (χ3n) is 3.07. The Kier molecular flexibility index (Phi) is 3.68. The Labute approximate surface area is 128 Å². The fourth-order valence-corrected chi connectivity index (χ4v) is 2.69. The molecule has 0 fully saturated rings. The molecule has 2 aromatic carbocycles. The Morgan fingerprint density at radius 2 is 1.45 bits per heavy atom. The van der Waals surface area contributed by atoms with Crippen molar-refractivity contribution in [1.82, 2.24) is 5.16 Å². The van der Waals surface area contributed by atoms with Crippen LogP contribution in [0.1, 0.15) is 0 Å². The van der Waals surface area contributed by atoms with Crippen molar-refractivity contribution in [2.45, 2.75) is 0 Å². The van der Waals surface area contributed by atoms with Gasteiger partial charge < -0.3 is 4.52 Å². The summed E-state index contributed by atoms with van der Waals surface area (Å²) in [5, 5.41) is 3.89. The second-order valence-electron chi connectivity index (χ2n) is 4.84. The van der Waals surface area contributed by atoms with E-state index in [1.807, 2.05) is 60.7 Å². The summed E-state index contributed by atoms with van der Waals surface area (Å²) >= 11 is 0. The van der Waals surface area contributed by atoms with Crippen LogP contribution >= 0.6 is 0 Å². The molecule has 0 radical (unpaired) electrons. The molecule has 0 amide bonds. The van der Waals surface area contributed by atoms with Crippen LogP contribution in [0.3, 0.4) is 0 Å². The molecule has 0 aliphatic carbocycles. The Hall–Kier alpha value is -2.60. The fourth-order valence-electron chi connectivity index (χ4n) is 2.19. The quantitative estimate of drug-likeness (QED) is 0.801. The maximum absolute atomic E-state index is 11.5. The van der Waals surface area contributed by atoms with Crippen LogP contribution in [0, 0.1) is 0 Å². The number of benzene rings is 2. The molecule has 0 saturated carbocycles. The number of hydrogen-bond acceptors (Lipinski definition) is 4. The summed E-state index contributed by atoms with van der Waals surface area (Å²) in [6.07, 6.45) is 1.08. The molecule has 0 bridgehead atoms. The molecule has 0 aliphatic rings. The second-order valence-corrected chi connectivity index (χ2v) is 6.59. The number of nitrogens with one attached hydrogen (secondary N) is 1. The lowest BCUT2D eigenvalue weighted by atomic mass is 10.0. The fraction of sp³-hybridized carbons (Fsp3) is 0.0625. The Morgan fingerprint density at radius 1 is 0.909 bits per heavy atom. The van der Waals surface area contributed by atoms with Gasteiger partial charge in [-0.3, -0.25) is 4.72 Å². The van der Waals surface area contributed by atoms with Gasteiger partial charge >= 0.3 is 0 Å². The topological polar surface area (TPSA) is 72.2 Å². The number of rotatable bonds is 4. The van der Waals surface area contributed by atoms with E-state index in [2.05, 4.69) is 9.88 Å². The molecule has 112 valence electrons. The average molecular weight is 314 g/mol. The summed E-state index contributed by atoms with van der Waals surface area (Å²) in [7, 11) is -3.45. The van der Waals surface area contributed by atoms with E-state index in [0.717, 1.165) is 17.4 Å². The van der Waals surface area contributed by atoms with E-state index >= 15 is 0 Å². The van der Waals surface area contributed by atoms with Crippen LogP contribution in [0.4, 0.5) is 5.82 Å². The molecule has 0 saturated heterocycles. The van der Waals surface area contributed by atoms with Crippen molar-refractivity contribution in [1.29, 1.82) is 0 Å². The molecule has 3 rings (SSSR count). The number of anilines is 1. The van der Waals surface area contributed by atoms with Gasteiger partial charge in [0.05, 0.1) is 11.8 Å². The Balaban J connectivity index is 2.20. The van der Waals surface area contributed by atoms with Crippen molar-refractivity contribution in [3.05, 3.63) is 60.7 Å². The van der Waals surface area contributed by atoms with E-state index in [1.165, 1.54) is 0 Å². The van der Waals surface area contributed by atoms with Crippen LogP contribution in [-0.2, 0) is 10.0 Å². The third-order valence-corrected chi connectivity index (χ3v) is 3.64. The van der Waals surface area contributed by atoms with Crippen molar-refractivity contribution in [2.24, 2.45) is 0 Å². The molecule has 5 nitrogen and oxygen atoms in total. The molecule has 22 heavy (non-hydrogen) atoms. The van der Waals surface area contributed by atoms with E-state index in [4.69, 9.17) is 4.52 Å². The average Bonchev–Trinajstić information content (AvgIpc) is 2.90. The summed E-state index contributed by atoms with van der Waals surface area (Å²) < 4.78 is 30.9. The maximum atomic E-state index is 11.5. The first-order valence-corrected chi connectivity index (χ1v) is 8.52. The van der Waals surface area contributed by atoms with Crippen molar-refractivity contribution >= 4 is 15.8 Å². The molecule has 0 spiro atoms. The molecule has 0 aliphatic heterocycles. The Morgan fingerprint density at radius 3 is 2.00 bits per heavy atom. The smallest absolute Gasteiger partial charge is 0.231 e. The SMILES string of the molecule is CS(=O)(=O)Nc1noc(-c2ccccc2)c1-c1ccccc1. The lowest BCUT2D eigenvalue weighted by molar-refractivity contribution is 0.436. The second kappa shape index (κ2) is 5.65. The van der Waals surface area contributed by atoms with Gasteiger partial charge in [0.1, 0.15) is 0 Å². The van der Waals surface area contributed by atoms with Crippen molar-refractivity contribution in [2.75, 3.05) is 11.0 Å². The van der Waals surface area contributed by atoms with Crippen LogP contribution in [0.2, 0.25) is 0 Å². The lowest BCUT2D eigenvalue weighted by Gasteiger charge is -2.05. The summed E-state index contributed by atoms with van der Waals surface area (Å²) in [5.74, 6) is 0.713. The molecular formula is C16H14N2O3S. The molecule has 0 atom stereocenters. The van der Waals surface area contributed by atoms with Crippen LogP contribution in [0.25, 0.3) is 22.5 Å². The van der Waals surface area contributed by atoms with Crippen molar-refractivity contribution in [3.63, 3.8) is 0 Å². The maximum Gasteiger partial charge on any atom is 0.231 e. The number of sulfonamides is 1. The highest BCUT2D eigenvalue weighted by molar-refractivity contribution is 7.92. The van der Waals surface area contributed by atoms with E-state index in [-0.39, 0.29) is 5.82 Å². The van der Waals surface area contributed by atoms with Crippen LogP contribution < -0.4 is 4.72 Å². The molecular weight excluding hydrogens is 300 g/mol. The van der Waals surface area contributed by atoms with Crippen LogP contribution in [-0.4, -0.2) is 19.8 Å². The highest BCUT2D eigenvalue weighted by atomic mass is 32.2. The molecule has 1 aromatic heterocycles. The predicted molar refractivity (Wildman–Crippen MR) is 85.8 cm³/mol. The summed E-state index contributed by atoms with van der Waals surface area (Å²) in [6.45, 7) is 0. The van der Waals surface area contributed by atoms with E-state index < -0.39 is 10.0 Å². The minimum atomic E-state index is -3.45. The normalized spacial score (nSPS) is 11.3. The minimum Gasteiger partial charge on any atom is -0.353 e. The van der Waals surface area contributed by atoms with Gasteiger partial charge in [0.2, 0.25) is 10.0 Å². The third kappa shape index (κ3) is 3.01. The van der Waals surface area contributed by atoms with E-state index in [9.17, 15) is 8.42 Å². The molecule has 3 aromatic rings. The van der Waals surface area contributed by atoms with Gasteiger partial charge in [0.25, 0.3) is 0 Å². The first kappa shape index (κ1) is 14.3. The summed E-state index contributed by atoms with van der Waals surface area (Å²) in [6, 6.07) is 18.9. The van der Waals surface area contributed by atoms with Gasteiger partial charge in [-0.25, -0.2) is 8.42 Å². The van der Waals surface area contributed by atoms with Crippen molar-refractivity contribution in [3.8, 4) is 22.5 Å². The van der Waals surface area contributed by atoms with Gasteiger partial charge in [-0.15, -0.1) is 0 Å². The number of hydrogen-bond donors (Lipinski definition) is 1. The van der Waals surface area contributed by atoms with Gasteiger partial charge in [-0.2, -0.15) is 0 Å². The van der Waals surface area contributed by atoms with E-state index in [1.54, 1.807) is 0 Å². The summed E-state index contributed by atoms with van der Waals surface area (Å²) in [4.78, 5) is 0. The summed E-state index contributed by atoms with van der Waals surface area (Å²) in [5.41, 5.74) is 2.28. The molecule has 1 N–H and O–H groups in total. The highest BCUT2D eigenvalue weighted by Gasteiger charge is 2.21. The van der Waals surface area contributed by atoms with Crippen LogP contribution in [0.15, 0.2) is 65.2 Å². The van der Waals surface area contributed by atoms with Crippen molar-refractivity contribution < 1.29 is 12.9 Å². The molecule has 0 unspecified atom stereocenters. The first-order chi connectivity index (χ1) is 10.5. The number of nitrogens with zero attached hydrogens (tertiary/aromatic N) is 1. The first-order valence-electron chi connectivity index (χ1n) is 6.63. The van der Waals surface area contributed by atoms with Gasteiger partial charge in [0, 0.05) is 5.56 Å². The monoisotopic (exact) mass is 314 g/mol. The zero-order valence-electron chi connectivity index (χ0n) is 11.9. The number of aromatic nitrogens is 1. The van der Waals surface area contributed by atoms with Gasteiger partial charge in [-0.05, 0) is 5.56 Å². The highest BCUT2D eigenvalue weighted by Crippen LogP contribution is 2.37. The van der Waals surface area contributed by atoms with E-state index in [0.29, 0.717) is 11.3 Å². The zero-order valence-corrected chi connectivity index (χ0v) is 12.7. The Bertz CT molecular complexity index is 872. The van der Waals surface area contributed by atoms with Crippen LogP contribution in [0.5, 0.6) is 0 Å². The molecule has 1 heterocycles. The standard InChI is InChI=1S/C16H14N2O3S/c1-22(19,20)18-16-14(12-8-4-2-5-9-12)15(21-17-16)13-10-6-3-7-11-13/h2-11H,1H3,(H,17,18). The lowest BCUT2D eigenvalue weighted by Crippen LogP contribution is -2.10. The predicted octanol–water partition coefficient (Wildman–Crippen LogP) is 3.38. The zero-order chi connectivity index (χ0) is 15.6. The van der Waals surface area contributed by atoms with Gasteiger partial charge in [-0.1, -0.05) is 65.8 Å². The minimum absolute atomic E-state index is 0.188. The molecule has 6 heteroatoms. The van der Waals surface area contributed by atoms with Gasteiger partial charge in [0.15, 0.2) is 11.6 Å². The largest absolute Gasteiger partial charge is 0.353 e.